The Bertz CT molecular complexity index is 301. The van der Waals surface area contributed by atoms with Crippen LogP contribution in [0.2, 0.25) is 0 Å². The van der Waals surface area contributed by atoms with E-state index in [1.807, 2.05) is 14.0 Å². The average molecular weight is 256 g/mol. The first-order chi connectivity index (χ1) is 8.60. The minimum absolute atomic E-state index is 0.278. The number of rotatable bonds is 7. The minimum Gasteiger partial charge on any atom is -0.480 e. The molecule has 18 heavy (non-hydrogen) atoms. The fraction of sp³-hybridized carbons (Fsp3) is 0.923. The molecular weight excluding hydrogens is 232 g/mol. The molecule has 1 saturated carbocycles. The highest BCUT2D eigenvalue weighted by molar-refractivity contribution is 5.80. The molecule has 2 unspecified atom stereocenters. The van der Waals surface area contributed by atoms with Crippen molar-refractivity contribution < 1.29 is 14.6 Å². The molecule has 2 fully saturated rings. The van der Waals surface area contributed by atoms with E-state index in [9.17, 15) is 9.90 Å². The van der Waals surface area contributed by atoms with Crippen LogP contribution < -0.4 is 5.32 Å². The van der Waals surface area contributed by atoms with E-state index < -0.39 is 11.5 Å². The Labute approximate surface area is 108 Å². The molecule has 1 heterocycles. The van der Waals surface area contributed by atoms with Gasteiger partial charge in [0.1, 0.15) is 5.54 Å². The maximum Gasteiger partial charge on any atom is 0.325 e. The van der Waals surface area contributed by atoms with Gasteiger partial charge in [0.05, 0.1) is 6.61 Å². The van der Waals surface area contributed by atoms with Gasteiger partial charge >= 0.3 is 5.97 Å². The number of carbonyl (C=O) groups is 1. The van der Waals surface area contributed by atoms with Gasteiger partial charge in [0.25, 0.3) is 0 Å². The predicted octanol–water partition coefficient (Wildman–Crippen LogP) is 0.550. The van der Waals surface area contributed by atoms with Crippen molar-refractivity contribution in [2.24, 2.45) is 5.92 Å². The summed E-state index contributed by atoms with van der Waals surface area (Å²) in [6, 6.07) is 0.362. The minimum atomic E-state index is -0.772. The molecule has 0 radical (unpaired) electrons. The monoisotopic (exact) mass is 256 g/mol. The zero-order chi connectivity index (χ0) is 13.2. The number of likely N-dealkylation sites (N-methyl/N-ethyl adjacent to an activating group) is 2. The van der Waals surface area contributed by atoms with Crippen LogP contribution in [-0.4, -0.2) is 60.9 Å². The van der Waals surface area contributed by atoms with Gasteiger partial charge in [-0.1, -0.05) is 6.92 Å². The van der Waals surface area contributed by atoms with Crippen molar-refractivity contribution >= 4 is 5.97 Å². The lowest BCUT2D eigenvalue weighted by atomic mass is 9.91. The molecule has 0 amide bonds. The predicted molar refractivity (Wildman–Crippen MR) is 68.6 cm³/mol. The van der Waals surface area contributed by atoms with Crippen LogP contribution in [0.4, 0.5) is 0 Å². The summed E-state index contributed by atoms with van der Waals surface area (Å²) in [6.07, 6.45) is 3.05. The van der Waals surface area contributed by atoms with Crippen molar-refractivity contribution in [3.63, 3.8) is 0 Å². The van der Waals surface area contributed by atoms with E-state index in [0.717, 1.165) is 32.5 Å². The number of nitrogens with one attached hydrogen (secondary N) is 1. The number of carboxylic acid groups (broad SMARTS) is 1. The molecule has 1 aliphatic carbocycles. The van der Waals surface area contributed by atoms with Crippen LogP contribution in [-0.2, 0) is 9.53 Å². The molecule has 0 aromatic carbocycles. The summed E-state index contributed by atoms with van der Waals surface area (Å²) in [5.41, 5.74) is -0.772. The van der Waals surface area contributed by atoms with Gasteiger partial charge in [-0.3, -0.25) is 9.69 Å². The Hall–Kier alpha value is -0.650. The van der Waals surface area contributed by atoms with Crippen LogP contribution in [0.5, 0.6) is 0 Å². The molecule has 1 saturated heterocycles. The highest BCUT2D eigenvalue weighted by atomic mass is 16.5. The van der Waals surface area contributed by atoms with E-state index >= 15 is 0 Å². The van der Waals surface area contributed by atoms with Gasteiger partial charge in [0, 0.05) is 19.2 Å². The van der Waals surface area contributed by atoms with Gasteiger partial charge in [0.2, 0.25) is 0 Å². The molecule has 2 atom stereocenters. The normalized spacial score (nSPS) is 27.4. The summed E-state index contributed by atoms with van der Waals surface area (Å²) < 4.78 is 5.38. The molecule has 1 aliphatic heterocycles. The second-order valence-electron chi connectivity index (χ2n) is 5.51. The molecule has 2 rings (SSSR count). The van der Waals surface area contributed by atoms with Crippen LogP contribution in [0, 0.1) is 5.92 Å². The number of hydrogen-bond acceptors (Lipinski definition) is 4. The topological polar surface area (TPSA) is 61.8 Å². The van der Waals surface area contributed by atoms with Gasteiger partial charge in [-0.2, -0.15) is 0 Å². The molecular formula is C13H24N2O3. The van der Waals surface area contributed by atoms with E-state index in [2.05, 4.69) is 10.2 Å². The van der Waals surface area contributed by atoms with E-state index in [1.165, 1.54) is 0 Å². The molecule has 2 aliphatic rings. The lowest BCUT2D eigenvalue weighted by Gasteiger charge is -2.36. The third-order valence-corrected chi connectivity index (χ3v) is 4.18. The van der Waals surface area contributed by atoms with Crippen LogP contribution in [0.25, 0.3) is 0 Å². The zero-order valence-electron chi connectivity index (χ0n) is 11.3. The average Bonchev–Trinajstić information content (AvgIpc) is 3.03. The van der Waals surface area contributed by atoms with E-state index in [-0.39, 0.29) is 5.92 Å². The van der Waals surface area contributed by atoms with Crippen molar-refractivity contribution in [1.29, 1.82) is 0 Å². The Morgan fingerprint density at radius 2 is 2.22 bits per heavy atom. The summed E-state index contributed by atoms with van der Waals surface area (Å²) in [4.78, 5) is 13.9. The largest absolute Gasteiger partial charge is 0.480 e. The van der Waals surface area contributed by atoms with Gasteiger partial charge < -0.3 is 15.2 Å². The van der Waals surface area contributed by atoms with Crippen molar-refractivity contribution in [3.8, 4) is 0 Å². The molecule has 104 valence electrons. The smallest absolute Gasteiger partial charge is 0.325 e. The molecule has 0 spiro atoms. The Morgan fingerprint density at radius 1 is 1.50 bits per heavy atom. The van der Waals surface area contributed by atoms with Crippen molar-refractivity contribution in [2.75, 3.05) is 33.4 Å². The van der Waals surface area contributed by atoms with E-state index in [4.69, 9.17) is 4.74 Å². The van der Waals surface area contributed by atoms with Gasteiger partial charge in [-0.25, -0.2) is 0 Å². The number of aliphatic carboxylic acids is 1. The molecule has 5 heteroatoms. The maximum absolute atomic E-state index is 11.7. The van der Waals surface area contributed by atoms with Crippen LogP contribution in [0.15, 0.2) is 0 Å². The lowest BCUT2D eigenvalue weighted by Crippen LogP contribution is -2.61. The van der Waals surface area contributed by atoms with Crippen molar-refractivity contribution in [1.82, 2.24) is 10.2 Å². The van der Waals surface area contributed by atoms with Crippen molar-refractivity contribution in [2.45, 2.75) is 37.8 Å². The zero-order valence-corrected chi connectivity index (χ0v) is 11.3. The summed E-state index contributed by atoms with van der Waals surface area (Å²) in [7, 11) is 2.01. The van der Waals surface area contributed by atoms with Crippen LogP contribution >= 0.6 is 0 Å². The van der Waals surface area contributed by atoms with Crippen LogP contribution in [0.3, 0.4) is 0 Å². The Morgan fingerprint density at radius 3 is 2.67 bits per heavy atom. The number of carboxylic acids is 1. The fourth-order valence-corrected chi connectivity index (χ4v) is 2.93. The number of ether oxygens (including phenoxy) is 1. The Balaban J connectivity index is 2.05. The third kappa shape index (κ3) is 2.68. The summed E-state index contributed by atoms with van der Waals surface area (Å²) in [6.45, 7) is 4.74. The SMILES string of the molecule is CCNC(CN(C)C1CCOC1)(C(=O)O)C1CC1. The maximum atomic E-state index is 11.7. The molecule has 2 N–H and O–H groups in total. The van der Waals surface area contributed by atoms with Gasteiger partial charge in [-0.05, 0) is 38.8 Å². The number of hydrogen-bond donors (Lipinski definition) is 2. The molecule has 5 nitrogen and oxygen atoms in total. The van der Waals surface area contributed by atoms with E-state index in [0.29, 0.717) is 19.1 Å². The highest BCUT2D eigenvalue weighted by Gasteiger charge is 2.51. The summed E-state index contributed by atoms with van der Waals surface area (Å²) in [5, 5.41) is 12.9. The standard InChI is InChI=1S/C13H24N2O3/c1-3-14-13(12(16)17,10-4-5-10)9-15(2)11-6-7-18-8-11/h10-11,14H,3-9H2,1-2H3,(H,16,17). The highest BCUT2D eigenvalue weighted by Crippen LogP contribution is 2.40. The van der Waals surface area contributed by atoms with E-state index in [1.54, 1.807) is 0 Å². The van der Waals surface area contributed by atoms with Gasteiger partial charge in [0.15, 0.2) is 0 Å². The number of nitrogens with zero attached hydrogens (tertiary/aromatic N) is 1. The Kier molecular flexibility index (Phi) is 4.25. The third-order valence-electron chi connectivity index (χ3n) is 4.18. The molecule has 0 aromatic heterocycles. The summed E-state index contributed by atoms with van der Waals surface area (Å²) >= 11 is 0. The van der Waals surface area contributed by atoms with Gasteiger partial charge in [-0.15, -0.1) is 0 Å². The first-order valence-corrected chi connectivity index (χ1v) is 6.86. The molecule has 0 bridgehead atoms. The lowest BCUT2D eigenvalue weighted by molar-refractivity contribution is -0.147. The fourth-order valence-electron chi connectivity index (χ4n) is 2.93. The van der Waals surface area contributed by atoms with Crippen molar-refractivity contribution in [3.05, 3.63) is 0 Å². The second kappa shape index (κ2) is 5.55. The first kappa shape index (κ1) is 13.8. The first-order valence-electron chi connectivity index (χ1n) is 6.86. The summed E-state index contributed by atoms with van der Waals surface area (Å²) in [5.74, 6) is -0.433. The second-order valence-corrected chi connectivity index (χ2v) is 5.51. The molecule has 0 aromatic rings. The quantitative estimate of drug-likeness (QED) is 0.696. The van der Waals surface area contributed by atoms with Crippen LogP contribution in [0.1, 0.15) is 26.2 Å².